The largest absolute Gasteiger partial charge is 0.339 e. The van der Waals surface area contributed by atoms with Gasteiger partial charge in [0, 0.05) is 24.4 Å². The van der Waals surface area contributed by atoms with Crippen molar-refractivity contribution in [1.82, 2.24) is 20.4 Å². The van der Waals surface area contributed by atoms with E-state index in [-0.39, 0.29) is 0 Å². The Kier molecular flexibility index (Phi) is 3.55. The molecule has 3 heterocycles. The predicted molar refractivity (Wildman–Crippen MR) is 71.6 cm³/mol. The first-order valence-corrected chi connectivity index (χ1v) is 6.77. The molecule has 0 bridgehead atoms. The van der Waals surface area contributed by atoms with Gasteiger partial charge in [-0.3, -0.25) is 4.98 Å². The van der Waals surface area contributed by atoms with Crippen molar-refractivity contribution in [2.24, 2.45) is 5.92 Å². The van der Waals surface area contributed by atoms with Gasteiger partial charge in [-0.1, -0.05) is 5.16 Å². The van der Waals surface area contributed by atoms with Crippen molar-refractivity contribution in [2.75, 3.05) is 13.1 Å². The Balaban J connectivity index is 1.74. The van der Waals surface area contributed by atoms with Crippen molar-refractivity contribution in [1.29, 1.82) is 0 Å². The molecular weight excluding hydrogens is 240 g/mol. The normalized spacial score (nSPS) is 16.7. The van der Waals surface area contributed by atoms with Crippen LogP contribution in [-0.4, -0.2) is 28.2 Å². The van der Waals surface area contributed by atoms with E-state index in [4.69, 9.17) is 4.52 Å². The van der Waals surface area contributed by atoms with Gasteiger partial charge in [0.2, 0.25) is 11.7 Å². The SMILES string of the molecule is Cc1cnccc1-c1noc(CC2CCNCC2)n1. The van der Waals surface area contributed by atoms with E-state index < -0.39 is 0 Å². The molecule has 0 amide bonds. The van der Waals surface area contributed by atoms with E-state index in [0.29, 0.717) is 11.7 Å². The zero-order valence-electron chi connectivity index (χ0n) is 11.1. The molecule has 0 unspecified atom stereocenters. The Morgan fingerprint density at radius 2 is 2.21 bits per heavy atom. The number of nitrogens with one attached hydrogen (secondary N) is 1. The van der Waals surface area contributed by atoms with E-state index in [1.165, 1.54) is 12.8 Å². The van der Waals surface area contributed by atoms with Crippen LogP contribution in [0.15, 0.2) is 23.0 Å². The lowest BCUT2D eigenvalue weighted by Gasteiger charge is -2.20. The van der Waals surface area contributed by atoms with E-state index in [1.54, 1.807) is 6.20 Å². The summed E-state index contributed by atoms with van der Waals surface area (Å²) in [5.41, 5.74) is 2.06. The molecule has 3 rings (SSSR count). The highest BCUT2D eigenvalue weighted by Crippen LogP contribution is 2.21. The van der Waals surface area contributed by atoms with Gasteiger partial charge in [-0.15, -0.1) is 0 Å². The number of hydrogen-bond donors (Lipinski definition) is 1. The van der Waals surface area contributed by atoms with Crippen molar-refractivity contribution in [2.45, 2.75) is 26.2 Å². The molecule has 0 saturated carbocycles. The Bertz CT molecular complexity index is 546. The third kappa shape index (κ3) is 2.81. The quantitative estimate of drug-likeness (QED) is 0.912. The highest BCUT2D eigenvalue weighted by molar-refractivity contribution is 5.57. The molecule has 5 nitrogen and oxygen atoms in total. The molecule has 1 N–H and O–H groups in total. The predicted octanol–water partition coefficient (Wildman–Crippen LogP) is 1.98. The van der Waals surface area contributed by atoms with Gasteiger partial charge >= 0.3 is 0 Å². The summed E-state index contributed by atoms with van der Waals surface area (Å²) in [5.74, 6) is 2.08. The smallest absolute Gasteiger partial charge is 0.227 e. The summed E-state index contributed by atoms with van der Waals surface area (Å²) in [7, 11) is 0. The molecule has 0 radical (unpaired) electrons. The van der Waals surface area contributed by atoms with Crippen molar-refractivity contribution in [3.63, 3.8) is 0 Å². The van der Waals surface area contributed by atoms with Crippen LogP contribution >= 0.6 is 0 Å². The second-order valence-corrected chi connectivity index (χ2v) is 5.10. The third-order valence-electron chi connectivity index (χ3n) is 3.65. The topological polar surface area (TPSA) is 63.8 Å². The first-order valence-electron chi connectivity index (χ1n) is 6.77. The van der Waals surface area contributed by atoms with Crippen LogP contribution in [0.1, 0.15) is 24.3 Å². The average molecular weight is 258 g/mol. The minimum atomic E-state index is 0.660. The van der Waals surface area contributed by atoms with Crippen molar-refractivity contribution >= 4 is 0 Å². The number of rotatable bonds is 3. The first-order chi connectivity index (χ1) is 9.33. The molecule has 0 spiro atoms. The summed E-state index contributed by atoms with van der Waals surface area (Å²) in [4.78, 5) is 8.59. The highest BCUT2D eigenvalue weighted by atomic mass is 16.5. The number of pyridine rings is 1. The Labute approximate surface area is 112 Å². The minimum absolute atomic E-state index is 0.660. The maximum atomic E-state index is 5.37. The Hall–Kier alpha value is -1.75. The summed E-state index contributed by atoms with van der Waals surface area (Å²) in [6, 6.07) is 1.93. The number of nitrogens with zero attached hydrogens (tertiary/aromatic N) is 3. The summed E-state index contributed by atoms with van der Waals surface area (Å²) in [6.07, 6.45) is 6.83. The molecular formula is C14H18N4O. The fraction of sp³-hybridized carbons (Fsp3) is 0.500. The highest BCUT2D eigenvalue weighted by Gasteiger charge is 2.18. The van der Waals surface area contributed by atoms with Crippen LogP contribution in [-0.2, 0) is 6.42 Å². The van der Waals surface area contributed by atoms with Crippen LogP contribution < -0.4 is 5.32 Å². The van der Waals surface area contributed by atoms with Crippen LogP contribution in [0.4, 0.5) is 0 Å². The molecule has 0 aliphatic carbocycles. The zero-order valence-corrected chi connectivity index (χ0v) is 11.1. The molecule has 100 valence electrons. The van der Waals surface area contributed by atoms with Crippen LogP contribution in [0, 0.1) is 12.8 Å². The monoisotopic (exact) mass is 258 g/mol. The second-order valence-electron chi connectivity index (χ2n) is 5.10. The number of piperidine rings is 1. The van der Waals surface area contributed by atoms with Gasteiger partial charge in [0.15, 0.2) is 0 Å². The van der Waals surface area contributed by atoms with Crippen molar-refractivity contribution in [3.8, 4) is 11.4 Å². The molecule has 0 atom stereocenters. The Morgan fingerprint density at radius 3 is 3.00 bits per heavy atom. The summed E-state index contributed by atoms with van der Waals surface area (Å²) in [5, 5.41) is 7.45. The van der Waals surface area contributed by atoms with Crippen LogP contribution in [0.3, 0.4) is 0 Å². The molecule has 1 fully saturated rings. The minimum Gasteiger partial charge on any atom is -0.339 e. The summed E-state index contributed by atoms with van der Waals surface area (Å²) >= 11 is 0. The lowest BCUT2D eigenvalue weighted by molar-refractivity contribution is 0.313. The van der Waals surface area contributed by atoms with Gasteiger partial charge in [-0.2, -0.15) is 4.98 Å². The fourth-order valence-corrected chi connectivity index (χ4v) is 2.50. The fourth-order valence-electron chi connectivity index (χ4n) is 2.50. The van der Waals surface area contributed by atoms with Gasteiger partial charge in [-0.25, -0.2) is 0 Å². The molecule has 1 aliphatic rings. The lowest BCUT2D eigenvalue weighted by atomic mass is 9.95. The van der Waals surface area contributed by atoms with Crippen LogP contribution in [0.25, 0.3) is 11.4 Å². The van der Waals surface area contributed by atoms with Gasteiger partial charge in [0.1, 0.15) is 0 Å². The molecule has 19 heavy (non-hydrogen) atoms. The van der Waals surface area contributed by atoms with Gasteiger partial charge in [0.05, 0.1) is 0 Å². The van der Waals surface area contributed by atoms with Crippen LogP contribution in [0.2, 0.25) is 0 Å². The van der Waals surface area contributed by atoms with E-state index in [2.05, 4.69) is 20.4 Å². The Morgan fingerprint density at radius 1 is 1.37 bits per heavy atom. The van der Waals surface area contributed by atoms with Crippen LogP contribution in [0.5, 0.6) is 0 Å². The van der Waals surface area contributed by atoms with Gasteiger partial charge < -0.3 is 9.84 Å². The zero-order chi connectivity index (χ0) is 13.1. The standard InChI is InChI=1S/C14H18N4O/c1-10-9-16-7-4-12(10)14-17-13(19-18-14)8-11-2-5-15-6-3-11/h4,7,9,11,15H,2-3,5-6,8H2,1H3. The first kappa shape index (κ1) is 12.3. The van der Waals surface area contributed by atoms with Gasteiger partial charge in [0.25, 0.3) is 0 Å². The van der Waals surface area contributed by atoms with E-state index in [1.807, 2.05) is 19.2 Å². The second kappa shape index (κ2) is 5.48. The maximum absolute atomic E-state index is 5.37. The van der Waals surface area contributed by atoms with E-state index >= 15 is 0 Å². The lowest BCUT2D eigenvalue weighted by Crippen LogP contribution is -2.28. The molecule has 5 heteroatoms. The van der Waals surface area contributed by atoms with E-state index in [0.717, 1.165) is 36.5 Å². The van der Waals surface area contributed by atoms with Crippen molar-refractivity contribution < 1.29 is 4.52 Å². The molecule has 2 aromatic heterocycles. The number of hydrogen-bond acceptors (Lipinski definition) is 5. The average Bonchev–Trinajstić information content (AvgIpc) is 2.89. The van der Waals surface area contributed by atoms with Crippen molar-refractivity contribution in [3.05, 3.63) is 29.9 Å². The van der Waals surface area contributed by atoms with E-state index in [9.17, 15) is 0 Å². The van der Waals surface area contributed by atoms with Gasteiger partial charge in [-0.05, 0) is 50.4 Å². The summed E-state index contributed by atoms with van der Waals surface area (Å²) in [6.45, 7) is 4.19. The summed E-state index contributed by atoms with van der Waals surface area (Å²) < 4.78 is 5.37. The maximum Gasteiger partial charge on any atom is 0.227 e. The number of aryl methyl sites for hydroxylation is 1. The molecule has 1 saturated heterocycles. The molecule has 1 aliphatic heterocycles. The third-order valence-corrected chi connectivity index (χ3v) is 3.65. The molecule has 0 aromatic carbocycles. The molecule has 2 aromatic rings. The number of aromatic nitrogens is 3.